The number of fused-ring (bicyclic) bond motifs is 1. The number of para-hydroxylation sites is 1. The summed E-state index contributed by atoms with van der Waals surface area (Å²) in [6.07, 6.45) is 0.305. The molecule has 0 atom stereocenters. The summed E-state index contributed by atoms with van der Waals surface area (Å²) in [6, 6.07) is 8.24. The van der Waals surface area contributed by atoms with E-state index in [2.05, 4.69) is 22.4 Å². The van der Waals surface area contributed by atoms with Gasteiger partial charge in [0.05, 0.1) is 22.9 Å². The Hall–Kier alpha value is -0.970. The molecule has 0 saturated heterocycles. The van der Waals surface area contributed by atoms with Crippen molar-refractivity contribution in [3.8, 4) is 0 Å². The summed E-state index contributed by atoms with van der Waals surface area (Å²) < 4.78 is 6.71. The van der Waals surface area contributed by atoms with Gasteiger partial charge >= 0.3 is 0 Å². The van der Waals surface area contributed by atoms with Crippen molar-refractivity contribution >= 4 is 21.6 Å². The van der Waals surface area contributed by atoms with Crippen LogP contribution in [0.15, 0.2) is 24.3 Å². The zero-order chi connectivity index (χ0) is 12.1. The molecule has 0 saturated carbocycles. The van der Waals surface area contributed by atoms with Crippen molar-refractivity contribution in [2.75, 3.05) is 13.2 Å². The molecule has 0 bridgehead atoms. The highest BCUT2D eigenvalue weighted by Crippen LogP contribution is 2.20. The Morgan fingerprint density at radius 3 is 2.94 bits per heavy atom. The van der Waals surface area contributed by atoms with Gasteiger partial charge < -0.3 is 10.1 Å². The van der Waals surface area contributed by atoms with Gasteiger partial charge in [-0.25, -0.2) is 4.98 Å². The van der Waals surface area contributed by atoms with Crippen LogP contribution in [0.5, 0.6) is 0 Å². The van der Waals surface area contributed by atoms with Gasteiger partial charge in [0.1, 0.15) is 5.01 Å². The highest BCUT2D eigenvalue weighted by molar-refractivity contribution is 7.18. The summed E-state index contributed by atoms with van der Waals surface area (Å²) >= 11 is 1.75. The average Bonchev–Trinajstić information content (AvgIpc) is 2.70. The highest BCUT2D eigenvalue weighted by atomic mass is 32.1. The SMILES string of the molecule is CC(C)OCCNCc1nc2ccccc2s1. The summed E-state index contributed by atoms with van der Waals surface area (Å²) in [5, 5.41) is 4.48. The summed E-state index contributed by atoms with van der Waals surface area (Å²) in [4.78, 5) is 4.56. The van der Waals surface area contributed by atoms with E-state index >= 15 is 0 Å². The molecular formula is C13H18N2OS. The summed E-state index contributed by atoms with van der Waals surface area (Å²) in [5.74, 6) is 0. The predicted molar refractivity (Wildman–Crippen MR) is 72.4 cm³/mol. The summed E-state index contributed by atoms with van der Waals surface area (Å²) in [5.41, 5.74) is 1.09. The predicted octanol–water partition coefficient (Wildman–Crippen LogP) is 2.81. The fraction of sp³-hybridized carbons (Fsp3) is 0.462. The third kappa shape index (κ3) is 3.77. The van der Waals surface area contributed by atoms with Gasteiger partial charge in [-0.3, -0.25) is 0 Å². The Labute approximate surface area is 106 Å². The van der Waals surface area contributed by atoms with E-state index in [1.807, 2.05) is 26.0 Å². The molecule has 1 N–H and O–H groups in total. The van der Waals surface area contributed by atoms with Crippen LogP contribution in [0.1, 0.15) is 18.9 Å². The monoisotopic (exact) mass is 250 g/mol. The van der Waals surface area contributed by atoms with Gasteiger partial charge in [0.25, 0.3) is 0 Å². The second kappa shape index (κ2) is 6.10. The average molecular weight is 250 g/mol. The lowest BCUT2D eigenvalue weighted by atomic mass is 10.3. The number of ether oxygens (including phenoxy) is 1. The second-order valence-corrected chi connectivity index (χ2v) is 5.29. The fourth-order valence-corrected chi connectivity index (χ4v) is 2.49. The Kier molecular flexibility index (Phi) is 4.48. The molecule has 3 nitrogen and oxygen atoms in total. The van der Waals surface area contributed by atoms with Gasteiger partial charge in [-0.1, -0.05) is 12.1 Å². The van der Waals surface area contributed by atoms with Crippen LogP contribution < -0.4 is 5.32 Å². The lowest BCUT2D eigenvalue weighted by molar-refractivity contribution is 0.0807. The lowest BCUT2D eigenvalue weighted by Crippen LogP contribution is -2.20. The van der Waals surface area contributed by atoms with Crippen LogP contribution in [-0.4, -0.2) is 24.2 Å². The topological polar surface area (TPSA) is 34.1 Å². The first-order valence-electron chi connectivity index (χ1n) is 5.92. The fourth-order valence-electron chi connectivity index (χ4n) is 1.56. The Morgan fingerprint density at radius 2 is 2.18 bits per heavy atom. The largest absolute Gasteiger partial charge is 0.377 e. The van der Waals surface area contributed by atoms with Crippen molar-refractivity contribution < 1.29 is 4.74 Å². The maximum atomic E-state index is 5.46. The molecule has 1 aromatic carbocycles. The Balaban J connectivity index is 1.79. The maximum Gasteiger partial charge on any atom is 0.108 e. The molecule has 0 aliphatic heterocycles. The van der Waals surface area contributed by atoms with Gasteiger partial charge in [0.2, 0.25) is 0 Å². The summed E-state index contributed by atoms with van der Waals surface area (Å²) in [7, 11) is 0. The quantitative estimate of drug-likeness (QED) is 0.801. The van der Waals surface area contributed by atoms with Crippen molar-refractivity contribution in [2.45, 2.75) is 26.5 Å². The molecule has 0 unspecified atom stereocenters. The van der Waals surface area contributed by atoms with Crippen molar-refractivity contribution in [3.05, 3.63) is 29.3 Å². The van der Waals surface area contributed by atoms with Crippen molar-refractivity contribution in [2.24, 2.45) is 0 Å². The standard InChI is InChI=1S/C13H18N2OS/c1-10(2)16-8-7-14-9-13-15-11-5-3-4-6-12(11)17-13/h3-6,10,14H,7-9H2,1-2H3. The molecule has 0 amide bonds. The van der Waals surface area contributed by atoms with Gasteiger partial charge in [-0.05, 0) is 26.0 Å². The van der Waals surface area contributed by atoms with Crippen molar-refractivity contribution in [1.29, 1.82) is 0 Å². The minimum atomic E-state index is 0.305. The first kappa shape index (κ1) is 12.5. The van der Waals surface area contributed by atoms with Gasteiger partial charge in [0, 0.05) is 13.1 Å². The molecule has 17 heavy (non-hydrogen) atoms. The van der Waals surface area contributed by atoms with Crippen LogP contribution in [0.4, 0.5) is 0 Å². The molecule has 1 aromatic heterocycles. The first-order valence-corrected chi connectivity index (χ1v) is 6.74. The molecule has 92 valence electrons. The van der Waals surface area contributed by atoms with Crippen LogP contribution in [-0.2, 0) is 11.3 Å². The Bertz CT molecular complexity index is 434. The van der Waals surface area contributed by atoms with E-state index in [9.17, 15) is 0 Å². The number of hydrogen-bond acceptors (Lipinski definition) is 4. The van der Waals surface area contributed by atoms with Crippen LogP contribution in [0.2, 0.25) is 0 Å². The minimum Gasteiger partial charge on any atom is -0.377 e. The summed E-state index contributed by atoms with van der Waals surface area (Å²) in [6.45, 7) is 6.54. The highest BCUT2D eigenvalue weighted by Gasteiger charge is 2.02. The third-order valence-electron chi connectivity index (χ3n) is 2.34. The maximum absolute atomic E-state index is 5.46. The molecule has 0 radical (unpaired) electrons. The van der Waals surface area contributed by atoms with Crippen molar-refractivity contribution in [1.82, 2.24) is 10.3 Å². The number of nitrogens with one attached hydrogen (secondary N) is 1. The first-order chi connectivity index (χ1) is 8.25. The van der Waals surface area contributed by atoms with E-state index in [1.54, 1.807) is 11.3 Å². The van der Waals surface area contributed by atoms with E-state index in [-0.39, 0.29) is 0 Å². The molecular weight excluding hydrogens is 232 g/mol. The van der Waals surface area contributed by atoms with Crippen LogP contribution in [0.3, 0.4) is 0 Å². The number of benzene rings is 1. The second-order valence-electron chi connectivity index (χ2n) is 4.17. The van der Waals surface area contributed by atoms with Crippen LogP contribution in [0, 0.1) is 0 Å². The van der Waals surface area contributed by atoms with Crippen LogP contribution >= 0.6 is 11.3 Å². The van der Waals surface area contributed by atoms with E-state index in [4.69, 9.17) is 4.74 Å². The number of thiazole rings is 1. The zero-order valence-corrected chi connectivity index (χ0v) is 11.1. The van der Waals surface area contributed by atoms with Crippen molar-refractivity contribution in [3.63, 3.8) is 0 Å². The number of aromatic nitrogens is 1. The van der Waals surface area contributed by atoms with E-state index in [0.29, 0.717) is 6.10 Å². The molecule has 0 fully saturated rings. The molecule has 2 aromatic rings. The van der Waals surface area contributed by atoms with E-state index < -0.39 is 0 Å². The normalized spacial score (nSPS) is 11.5. The lowest BCUT2D eigenvalue weighted by Gasteiger charge is -2.07. The number of rotatable bonds is 6. The molecule has 1 heterocycles. The zero-order valence-electron chi connectivity index (χ0n) is 10.3. The third-order valence-corrected chi connectivity index (χ3v) is 3.38. The minimum absolute atomic E-state index is 0.305. The van der Waals surface area contributed by atoms with E-state index in [1.165, 1.54) is 4.70 Å². The molecule has 0 spiro atoms. The molecule has 2 rings (SSSR count). The molecule has 0 aliphatic carbocycles. The smallest absolute Gasteiger partial charge is 0.108 e. The van der Waals surface area contributed by atoms with Gasteiger partial charge in [-0.2, -0.15) is 0 Å². The number of hydrogen-bond donors (Lipinski definition) is 1. The van der Waals surface area contributed by atoms with Gasteiger partial charge in [0.15, 0.2) is 0 Å². The number of nitrogens with zero attached hydrogens (tertiary/aromatic N) is 1. The molecule has 4 heteroatoms. The van der Waals surface area contributed by atoms with Gasteiger partial charge in [-0.15, -0.1) is 11.3 Å². The molecule has 0 aliphatic rings. The Morgan fingerprint density at radius 1 is 1.35 bits per heavy atom. The van der Waals surface area contributed by atoms with E-state index in [0.717, 1.165) is 30.2 Å². The van der Waals surface area contributed by atoms with Crippen LogP contribution in [0.25, 0.3) is 10.2 Å².